The second-order valence-corrected chi connectivity index (χ2v) is 6.48. The second-order valence-electron chi connectivity index (χ2n) is 6.48. The molecule has 1 aliphatic rings. The molecule has 0 saturated heterocycles. The summed E-state index contributed by atoms with van der Waals surface area (Å²) < 4.78 is 18.0. The lowest BCUT2D eigenvalue weighted by Gasteiger charge is -2.12. The van der Waals surface area contributed by atoms with Gasteiger partial charge in [-0.2, -0.15) is 0 Å². The van der Waals surface area contributed by atoms with Gasteiger partial charge in [-0.1, -0.05) is 19.1 Å². The summed E-state index contributed by atoms with van der Waals surface area (Å²) in [5.74, 6) is -1.58. The third kappa shape index (κ3) is 4.91. The van der Waals surface area contributed by atoms with Gasteiger partial charge in [0.25, 0.3) is 11.8 Å². The first-order chi connectivity index (χ1) is 12.9. The Balaban J connectivity index is 1.60. The van der Waals surface area contributed by atoms with E-state index in [9.17, 15) is 18.8 Å². The van der Waals surface area contributed by atoms with Crippen molar-refractivity contribution in [3.8, 4) is 0 Å². The molecular formula is C20H19FN2O4. The van der Waals surface area contributed by atoms with E-state index in [0.29, 0.717) is 11.6 Å². The van der Waals surface area contributed by atoms with Crippen LogP contribution >= 0.6 is 0 Å². The number of halogens is 1. The Morgan fingerprint density at radius 3 is 2.41 bits per heavy atom. The van der Waals surface area contributed by atoms with Crippen molar-refractivity contribution in [3.05, 3.63) is 59.9 Å². The van der Waals surface area contributed by atoms with E-state index < -0.39 is 24.2 Å². The van der Waals surface area contributed by atoms with Gasteiger partial charge in [0, 0.05) is 5.69 Å². The van der Waals surface area contributed by atoms with Gasteiger partial charge in [-0.25, -0.2) is 4.39 Å². The zero-order valence-corrected chi connectivity index (χ0v) is 14.7. The van der Waals surface area contributed by atoms with Crippen LogP contribution in [0.2, 0.25) is 0 Å². The number of nitrogens with one attached hydrogen (secondary N) is 2. The number of anilines is 2. The zero-order chi connectivity index (χ0) is 19.4. The SMILES string of the molecule is C[C@@H]1C[C@@H]1C(=O)OCC(=O)Nc1ccccc1C(=O)Nc1ccc(F)cc1. The molecule has 2 aromatic carbocycles. The molecule has 2 aromatic rings. The molecule has 2 amide bonds. The summed E-state index contributed by atoms with van der Waals surface area (Å²) in [6, 6.07) is 11.8. The molecule has 0 spiro atoms. The highest BCUT2D eigenvalue weighted by atomic mass is 19.1. The summed E-state index contributed by atoms with van der Waals surface area (Å²) in [4.78, 5) is 36.2. The predicted molar refractivity (Wildman–Crippen MR) is 97.7 cm³/mol. The van der Waals surface area contributed by atoms with Crippen molar-refractivity contribution in [2.45, 2.75) is 13.3 Å². The lowest BCUT2D eigenvalue weighted by molar-refractivity contribution is -0.148. The molecule has 0 aliphatic heterocycles. The summed E-state index contributed by atoms with van der Waals surface area (Å²) in [7, 11) is 0. The topological polar surface area (TPSA) is 84.5 Å². The lowest BCUT2D eigenvalue weighted by atomic mass is 10.1. The summed E-state index contributed by atoms with van der Waals surface area (Å²) in [6.45, 7) is 1.54. The minimum atomic E-state index is -0.529. The molecule has 1 saturated carbocycles. The van der Waals surface area contributed by atoms with Crippen LogP contribution in [0.1, 0.15) is 23.7 Å². The second kappa shape index (κ2) is 7.99. The Labute approximate surface area is 155 Å². The highest BCUT2D eigenvalue weighted by Gasteiger charge is 2.40. The molecule has 1 aliphatic carbocycles. The molecule has 27 heavy (non-hydrogen) atoms. The average Bonchev–Trinajstić information content (AvgIpc) is 3.39. The van der Waals surface area contributed by atoms with Crippen molar-refractivity contribution in [3.63, 3.8) is 0 Å². The molecule has 0 unspecified atom stereocenters. The molecule has 0 bridgehead atoms. The molecule has 7 heteroatoms. The Kier molecular flexibility index (Phi) is 5.49. The molecule has 140 valence electrons. The largest absolute Gasteiger partial charge is 0.455 e. The van der Waals surface area contributed by atoms with Crippen LogP contribution in [0.25, 0.3) is 0 Å². The third-order valence-electron chi connectivity index (χ3n) is 4.31. The van der Waals surface area contributed by atoms with E-state index in [0.717, 1.165) is 6.42 Å². The van der Waals surface area contributed by atoms with Crippen molar-refractivity contribution < 1.29 is 23.5 Å². The van der Waals surface area contributed by atoms with Gasteiger partial charge in [0.05, 0.1) is 17.2 Å². The first kappa shape index (κ1) is 18.6. The number of rotatable bonds is 6. The number of ether oxygens (including phenoxy) is 1. The maximum absolute atomic E-state index is 13.0. The van der Waals surface area contributed by atoms with Crippen LogP contribution in [0.4, 0.5) is 15.8 Å². The minimum absolute atomic E-state index is 0.119. The standard InChI is InChI=1S/C20H19FN2O4/c1-12-10-16(12)20(26)27-11-18(24)23-17-5-3-2-4-15(17)19(25)22-14-8-6-13(21)7-9-14/h2-9,12,16H,10-11H2,1H3,(H,22,25)(H,23,24)/t12-,16+/m1/s1. The Hall–Kier alpha value is -3.22. The van der Waals surface area contributed by atoms with Gasteiger partial charge in [-0.05, 0) is 48.7 Å². The van der Waals surface area contributed by atoms with E-state index in [4.69, 9.17) is 4.74 Å². The highest BCUT2D eigenvalue weighted by Crippen LogP contribution is 2.38. The van der Waals surface area contributed by atoms with E-state index >= 15 is 0 Å². The van der Waals surface area contributed by atoms with Crippen LogP contribution in [0.3, 0.4) is 0 Å². The molecule has 1 fully saturated rings. The van der Waals surface area contributed by atoms with Crippen molar-refractivity contribution >= 4 is 29.2 Å². The normalized spacial score (nSPS) is 17.7. The van der Waals surface area contributed by atoms with Crippen LogP contribution in [0, 0.1) is 17.7 Å². The van der Waals surface area contributed by atoms with Crippen LogP contribution in [-0.2, 0) is 14.3 Å². The molecule has 0 radical (unpaired) electrons. The smallest absolute Gasteiger partial charge is 0.309 e. The number of amides is 2. The fraction of sp³-hybridized carbons (Fsp3) is 0.250. The van der Waals surface area contributed by atoms with Crippen LogP contribution in [-0.4, -0.2) is 24.4 Å². The van der Waals surface area contributed by atoms with Crippen LogP contribution in [0.5, 0.6) is 0 Å². The molecular weight excluding hydrogens is 351 g/mol. The van der Waals surface area contributed by atoms with Crippen molar-refractivity contribution in [1.29, 1.82) is 0 Å². The summed E-state index contributed by atoms with van der Waals surface area (Å²) in [6.07, 6.45) is 0.785. The number of hydrogen-bond donors (Lipinski definition) is 2. The van der Waals surface area contributed by atoms with E-state index in [-0.39, 0.29) is 23.1 Å². The van der Waals surface area contributed by atoms with Gasteiger partial charge in [0.2, 0.25) is 0 Å². The minimum Gasteiger partial charge on any atom is -0.455 e. The average molecular weight is 370 g/mol. The van der Waals surface area contributed by atoms with Crippen molar-refractivity contribution in [1.82, 2.24) is 0 Å². The lowest BCUT2D eigenvalue weighted by Crippen LogP contribution is -2.23. The van der Waals surface area contributed by atoms with Crippen LogP contribution < -0.4 is 10.6 Å². The van der Waals surface area contributed by atoms with Gasteiger partial charge in [0.15, 0.2) is 6.61 Å². The number of benzene rings is 2. The van der Waals surface area contributed by atoms with Gasteiger partial charge >= 0.3 is 5.97 Å². The zero-order valence-electron chi connectivity index (χ0n) is 14.7. The van der Waals surface area contributed by atoms with Crippen LogP contribution in [0.15, 0.2) is 48.5 Å². The van der Waals surface area contributed by atoms with Gasteiger partial charge in [-0.15, -0.1) is 0 Å². The first-order valence-corrected chi connectivity index (χ1v) is 8.56. The number of carbonyl (C=O) groups excluding carboxylic acids is 3. The number of carbonyl (C=O) groups is 3. The Morgan fingerprint density at radius 1 is 1.07 bits per heavy atom. The molecule has 6 nitrogen and oxygen atoms in total. The first-order valence-electron chi connectivity index (χ1n) is 8.56. The summed E-state index contributed by atoms with van der Waals surface area (Å²) in [5, 5.41) is 5.21. The monoisotopic (exact) mass is 370 g/mol. The Morgan fingerprint density at radius 2 is 1.74 bits per heavy atom. The maximum atomic E-state index is 13.0. The molecule has 0 heterocycles. The predicted octanol–water partition coefficient (Wildman–Crippen LogP) is 3.22. The number of esters is 1. The van der Waals surface area contributed by atoms with E-state index in [1.54, 1.807) is 24.3 Å². The van der Waals surface area contributed by atoms with Crippen molar-refractivity contribution in [2.24, 2.45) is 11.8 Å². The van der Waals surface area contributed by atoms with Gasteiger partial charge in [-0.3, -0.25) is 14.4 Å². The molecule has 2 N–H and O–H groups in total. The molecule has 0 aromatic heterocycles. The van der Waals surface area contributed by atoms with Gasteiger partial charge in [0.1, 0.15) is 5.82 Å². The Bertz CT molecular complexity index is 867. The van der Waals surface area contributed by atoms with Crippen molar-refractivity contribution in [2.75, 3.05) is 17.2 Å². The number of para-hydroxylation sites is 1. The fourth-order valence-corrected chi connectivity index (χ4v) is 2.60. The highest BCUT2D eigenvalue weighted by molar-refractivity contribution is 6.10. The molecule has 3 rings (SSSR count). The quantitative estimate of drug-likeness (QED) is 0.765. The van der Waals surface area contributed by atoms with E-state index in [2.05, 4.69) is 10.6 Å². The maximum Gasteiger partial charge on any atom is 0.309 e. The fourth-order valence-electron chi connectivity index (χ4n) is 2.60. The van der Waals surface area contributed by atoms with E-state index in [1.807, 2.05) is 6.92 Å². The molecule has 2 atom stereocenters. The summed E-state index contributed by atoms with van der Waals surface area (Å²) in [5.41, 5.74) is 0.949. The third-order valence-corrected chi connectivity index (χ3v) is 4.31. The van der Waals surface area contributed by atoms with E-state index in [1.165, 1.54) is 24.3 Å². The number of hydrogen-bond acceptors (Lipinski definition) is 4. The van der Waals surface area contributed by atoms with Gasteiger partial charge < -0.3 is 15.4 Å². The summed E-state index contributed by atoms with van der Waals surface area (Å²) >= 11 is 0.